The quantitative estimate of drug-likeness (QED) is 0.0479. The van der Waals surface area contributed by atoms with Crippen LogP contribution in [-0.2, 0) is 18.9 Å². The molecule has 0 spiro atoms. The second kappa shape index (κ2) is 38.6. The number of hydrogen-bond acceptors (Lipinski definition) is 4. The summed E-state index contributed by atoms with van der Waals surface area (Å²) in [4.78, 5) is 0. The SMILES string of the molecule is CCCCCCCCCCCCCCCCOCCOCCOCC(C[N+](C)(C)C)OCCCCCCCCCCCCCCCC. The van der Waals surface area contributed by atoms with Crippen molar-refractivity contribution in [2.24, 2.45) is 0 Å². The van der Waals surface area contributed by atoms with Crippen LogP contribution in [-0.4, -0.2) is 84.5 Å². The third-order valence-corrected chi connectivity index (χ3v) is 9.29. The molecular weight excluding hydrogens is 582 g/mol. The number of likely N-dealkylation sites (N-methyl/N-ethyl adjacent to an activating group) is 1. The first-order chi connectivity index (χ1) is 23.0. The van der Waals surface area contributed by atoms with Gasteiger partial charge in [-0.3, -0.25) is 0 Å². The molecule has 0 aromatic rings. The third-order valence-electron chi connectivity index (χ3n) is 9.29. The van der Waals surface area contributed by atoms with Crippen LogP contribution in [0.5, 0.6) is 0 Å². The fourth-order valence-corrected chi connectivity index (χ4v) is 6.36. The number of quaternary nitrogens is 1. The minimum atomic E-state index is 0.144. The van der Waals surface area contributed by atoms with Crippen molar-refractivity contribution in [2.45, 2.75) is 200 Å². The normalized spacial score (nSPS) is 12.7. The van der Waals surface area contributed by atoms with Gasteiger partial charge >= 0.3 is 0 Å². The lowest BCUT2D eigenvalue weighted by molar-refractivity contribution is -0.873. The first-order valence-corrected chi connectivity index (χ1v) is 21.1. The van der Waals surface area contributed by atoms with Crippen molar-refractivity contribution in [2.75, 3.05) is 73.9 Å². The lowest BCUT2D eigenvalue weighted by Crippen LogP contribution is -2.44. The first-order valence-electron chi connectivity index (χ1n) is 21.1. The topological polar surface area (TPSA) is 36.9 Å². The molecule has 0 radical (unpaired) electrons. The number of unbranched alkanes of at least 4 members (excludes halogenated alkanes) is 26. The molecule has 0 aliphatic carbocycles. The molecule has 0 aromatic carbocycles. The maximum absolute atomic E-state index is 6.27. The zero-order chi connectivity index (χ0) is 34.4. The molecular formula is C42H88NO4+. The van der Waals surface area contributed by atoms with Gasteiger partial charge in [-0.05, 0) is 12.8 Å². The molecule has 0 saturated heterocycles. The number of hydrogen-bond donors (Lipinski definition) is 0. The van der Waals surface area contributed by atoms with Crippen LogP contribution >= 0.6 is 0 Å². The van der Waals surface area contributed by atoms with Gasteiger partial charge in [0, 0.05) is 13.2 Å². The lowest BCUT2D eigenvalue weighted by atomic mass is 10.0. The van der Waals surface area contributed by atoms with Gasteiger partial charge in [-0.2, -0.15) is 0 Å². The van der Waals surface area contributed by atoms with Crippen LogP contribution in [0.1, 0.15) is 194 Å². The molecule has 1 atom stereocenters. The molecule has 5 nitrogen and oxygen atoms in total. The Hall–Kier alpha value is -0.200. The highest BCUT2D eigenvalue weighted by atomic mass is 16.6. The van der Waals surface area contributed by atoms with Gasteiger partial charge in [-0.25, -0.2) is 0 Å². The number of nitrogens with zero attached hydrogens (tertiary/aromatic N) is 1. The summed E-state index contributed by atoms with van der Waals surface area (Å²) in [7, 11) is 6.68. The summed E-state index contributed by atoms with van der Waals surface area (Å²) in [5.41, 5.74) is 0. The van der Waals surface area contributed by atoms with Crippen LogP contribution in [0.15, 0.2) is 0 Å². The lowest BCUT2D eigenvalue weighted by Gasteiger charge is -2.29. The standard InChI is InChI=1S/C42H88NO4/c1-6-8-10-12-14-16-18-20-22-24-26-28-30-32-34-44-36-37-45-38-39-46-41-42(40-43(3,4)5)47-35-33-31-29-27-25-23-21-19-17-15-13-11-9-7-2/h42H,6-41H2,1-5H3/q+1. The van der Waals surface area contributed by atoms with E-state index >= 15 is 0 Å². The van der Waals surface area contributed by atoms with Crippen molar-refractivity contribution < 1.29 is 23.4 Å². The van der Waals surface area contributed by atoms with Crippen molar-refractivity contribution in [3.63, 3.8) is 0 Å². The van der Waals surface area contributed by atoms with E-state index in [0.717, 1.165) is 30.7 Å². The van der Waals surface area contributed by atoms with Gasteiger partial charge in [0.2, 0.25) is 0 Å². The maximum Gasteiger partial charge on any atom is 0.130 e. The summed E-state index contributed by atoms with van der Waals surface area (Å²) >= 11 is 0. The Bertz CT molecular complexity index is 567. The van der Waals surface area contributed by atoms with Crippen molar-refractivity contribution in [1.82, 2.24) is 0 Å². The molecule has 0 bridgehead atoms. The molecule has 0 fully saturated rings. The van der Waals surface area contributed by atoms with Crippen molar-refractivity contribution in [1.29, 1.82) is 0 Å². The van der Waals surface area contributed by atoms with Crippen molar-refractivity contribution >= 4 is 0 Å². The van der Waals surface area contributed by atoms with E-state index in [-0.39, 0.29) is 6.10 Å². The second-order valence-electron chi connectivity index (χ2n) is 15.5. The highest BCUT2D eigenvalue weighted by molar-refractivity contribution is 4.57. The van der Waals surface area contributed by atoms with E-state index in [4.69, 9.17) is 18.9 Å². The van der Waals surface area contributed by atoms with Gasteiger partial charge in [0.15, 0.2) is 0 Å². The average Bonchev–Trinajstić information content (AvgIpc) is 3.04. The van der Waals surface area contributed by atoms with Gasteiger partial charge < -0.3 is 23.4 Å². The summed E-state index contributed by atoms with van der Waals surface area (Å²) in [5.74, 6) is 0. The van der Waals surface area contributed by atoms with Crippen LogP contribution in [0.2, 0.25) is 0 Å². The van der Waals surface area contributed by atoms with E-state index in [2.05, 4.69) is 35.0 Å². The zero-order valence-electron chi connectivity index (χ0n) is 33.1. The van der Waals surface area contributed by atoms with Crippen molar-refractivity contribution in [3.05, 3.63) is 0 Å². The van der Waals surface area contributed by atoms with Crippen LogP contribution < -0.4 is 0 Å². The zero-order valence-corrected chi connectivity index (χ0v) is 33.1. The molecule has 1 unspecified atom stereocenters. The van der Waals surface area contributed by atoms with Gasteiger partial charge in [-0.15, -0.1) is 0 Å². The Balaban J connectivity index is 3.51. The minimum Gasteiger partial charge on any atom is -0.379 e. The number of rotatable bonds is 41. The predicted molar refractivity (Wildman–Crippen MR) is 206 cm³/mol. The smallest absolute Gasteiger partial charge is 0.130 e. The summed E-state index contributed by atoms with van der Waals surface area (Å²) in [6.07, 6.45) is 39.0. The van der Waals surface area contributed by atoms with E-state index in [9.17, 15) is 0 Å². The Labute approximate surface area is 296 Å². The molecule has 0 aliphatic heterocycles. The minimum absolute atomic E-state index is 0.144. The number of ether oxygens (including phenoxy) is 4. The van der Waals surface area contributed by atoms with E-state index in [1.165, 1.54) is 173 Å². The fourth-order valence-electron chi connectivity index (χ4n) is 6.36. The summed E-state index contributed by atoms with van der Waals surface area (Å²) < 4.78 is 24.6. The van der Waals surface area contributed by atoms with Crippen molar-refractivity contribution in [3.8, 4) is 0 Å². The van der Waals surface area contributed by atoms with E-state index in [1.807, 2.05) is 0 Å². The summed E-state index contributed by atoms with van der Waals surface area (Å²) in [6.45, 7) is 10.5. The largest absolute Gasteiger partial charge is 0.379 e. The molecule has 0 aliphatic rings. The second-order valence-corrected chi connectivity index (χ2v) is 15.5. The monoisotopic (exact) mass is 671 g/mol. The molecule has 0 aromatic heterocycles. The molecule has 47 heavy (non-hydrogen) atoms. The van der Waals surface area contributed by atoms with E-state index < -0.39 is 0 Å². The molecule has 0 saturated carbocycles. The van der Waals surface area contributed by atoms with E-state index in [1.54, 1.807) is 0 Å². The summed E-state index contributed by atoms with van der Waals surface area (Å²) in [5, 5.41) is 0. The van der Waals surface area contributed by atoms with Gasteiger partial charge in [-0.1, -0.05) is 181 Å². The van der Waals surface area contributed by atoms with Gasteiger partial charge in [0.1, 0.15) is 12.6 Å². The molecule has 0 heterocycles. The van der Waals surface area contributed by atoms with E-state index in [0.29, 0.717) is 33.0 Å². The van der Waals surface area contributed by atoms with Crippen LogP contribution in [0.25, 0.3) is 0 Å². The Kier molecular flexibility index (Phi) is 38.4. The average molecular weight is 671 g/mol. The highest BCUT2D eigenvalue weighted by Crippen LogP contribution is 2.14. The fraction of sp³-hybridized carbons (Fsp3) is 1.00. The van der Waals surface area contributed by atoms with Crippen LogP contribution in [0.3, 0.4) is 0 Å². The molecule has 284 valence electrons. The van der Waals surface area contributed by atoms with Crippen LogP contribution in [0.4, 0.5) is 0 Å². The first kappa shape index (κ1) is 46.8. The van der Waals surface area contributed by atoms with Gasteiger partial charge in [0.05, 0.1) is 54.2 Å². The molecule has 5 heteroatoms. The van der Waals surface area contributed by atoms with Gasteiger partial charge in [0.25, 0.3) is 0 Å². The Morgan fingerprint density at radius 1 is 0.340 bits per heavy atom. The maximum atomic E-state index is 6.27. The molecule has 0 N–H and O–H groups in total. The molecule has 0 amide bonds. The predicted octanol–water partition coefficient (Wildman–Crippen LogP) is 12.1. The van der Waals surface area contributed by atoms with Crippen LogP contribution in [0, 0.1) is 0 Å². The Morgan fingerprint density at radius 2 is 0.638 bits per heavy atom. The molecule has 0 rings (SSSR count). The third kappa shape index (κ3) is 41.9. The Morgan fingerprint density at radius 3 is 1.00 bits per heavy atom. The highest BCUT2D eigenvalue weighted by Gasteiger charge is 2.19. The summed E-state index contributed by atoms with van der Waals surface area (Å²) in [6, 6.07) is 0.